The van der Waals surface area contributed by atoms with Gasteiger partial charge in [-0.05, 0) is 82.9 Å². The zero-order chi connectivity index (χ0) is 34.8. The molecule has 6 aromatic carbocycles. The average Bonchev–Trinajstić information content (AvgIpc) is 3.12. The minimum Gasteiger partial charge on any atom is -0.508 e. The Bertz CT molecular complexity index is 1920. The Morgan fingerprint density at radius 2 is 0.620 bits per heavy atom. The van der Waals surface area contributed by atoms with Crippen molar-refractivity contribution in [3.63, 3.8) is 0 Å². The Labute approximate surface area is 289 Å². The highest BCUT2D eigenvalue weighted by molar-refractivity contribution is 5.52. The first-order valence-corrected chi connectivity index (χ1v) is 16.3. The van der Waals surface area contributed by atoms with E-state index in [4.69, 9.17) is 9.47 Å². The van der Waals surface area contributed by atoms with E-state index in [9.17, 15) is 30.6 Å². The summed E-state index contributed by atoms with van der Waals surface area (Å²) in [5.41, 5.74) is 6.24. The van der Waals surface area contributed by atoms with Gasteiger partial charge in [0.05, 0.1) is 13.2 Å². The van der Waals surface area contributed by atoms with E-state index in [0.717, 1.165) is 33.4 Å². The third kappa shape index (κ3) is 6.69. The standard InChI is InChI=1S/2C21H18O4/c2*22-15-5-1-13(2-6-15)19-12-25-20-11-17(24)9-10-18(20)21(19)14-3-7-16(23)8-4-14/h2*1-11,19,21-24H,12H2/t19-,21-;/m1./s1. The number of fused-ring (bicyclic) bond motifs is 2. The molecule has 8 rings (SSSR count). The minimum atomic E-state index is 0.0227. The molecule has 0 bridgehead atoms. The third-order valence-electron chi connectivity index (χ3n) is 9.45. The van der Waals surface area contributed by atoms with Crippen molar-refractivity contribution in [2.45, 2.75) is 23.7 Å². The van der Waals surface area contributed by atoms with Gasteiger partial charge in [-0.3, -0.25) is 0 Å². The maximum atomic E-state index is 9.75. The lowest BCUT2D eigenvalue weighted by Gasteiger charge is -2.34. The molecule has 0 fully saturated rings. The molecule has 2 aliphatic rings. The molecule has 0 aliphatic carbocycles. The zero-order valence-corrected chi connectivity index (χ0v) is 26.9. The van der Waals surface area contributed by atoms with Crippen molar-refractivity contribution in [3.05, 3.63) is 167 Å². The predicted octanol–water partition coefficient (Wildman–Crippen LogP) is 8.22. The number of hydrogen-bond acceptors (Lipinski definition) is 8. The average molecular weight is 669 g/mol. The zero-order valence-electron chi connectivity index (χ0n) is 26.9. The molecule has 50 heavy (non-hydrogen) atoms. The van der Waals surface area contributed by atoms with Gasteiger partial charge in [-0.25, -0.2) is 0 Å². The van der Waals surface area contributed by atoms with Crippen LogP contribution in [-0.4, -0.2) is 43.9 Å². The van der Waals surface area contributed by atoms with Crippen LogP contribution >= 0.6 is 0 Å². The van der Waals surface area contributed by atoms with Crippen LogP contribution < -0.4 is 9.47 Å². The molecule has 2 aliphatic heterocycles. The summed E-state index contributed by atoms with van der Waals surface area (Å²) < 4.78 is 11.8. The minimum absolute atomic E-state index is 0.0227. The smallest absolute Gasteiger partial charge is 0.126 e. The van der Waals surface area contributed by atoms with Crippen molar-refractivity contribution in [2.75, 3.05) is 13.2 Å². The first kappa shape index (κ1) is 32.3. The van der Waals surface area contributed by atoms with Gasteiger partial charge in [0, 0.05) is 46.9 Å². The highest BCUT2D eigenvalue weighted by Gasteiger charge is 2.35. The van der Waals surface area contributed by atoms with Crippen LogP contribution in [0, 0.1) is 0 Å². The summed E-state index contributed by atoms with van der Waals surface area (Å²) in [6.45, 7) is 0.930. The second-order valence-corrected chi connectivity index (χ2v) is 12.6. The summed E-state index contributed by atoms with van der Waals surface area (Å²) in [6.07, 6.45) is 0. The van der Waals surface area contributed by atoms with Crippen LogP contribution in [0.25, 0.3) is 0 Å². The van der Waals surface area contributed by atoms with E-state index in [-0.39, 0.29) is 58.2 Å². The lowest BCUT2D eigenvalue weighted by molar-refractivity contribution is 0.247. The summed E-state index contributed by atoms with van der Waals surface area (Å²) >= 11 is 0. The number of phenols is 6. The van der Waals surface area contributed by atoms with Crippen LogP contribution in [0.1, 0.15) is 57.1 Å². The molecule has 6 aromatic rings. The molecular formula is C42H36O8. The number of aromatic hydroxyl groups is 6. The molecule has 2 unspecified atom stereocenters. The molecule has 4 atom stereocenters. The predicted molar refractivity (Wildman–Crippen MR) is 189 cm³/mol. The molecule has 0 spiro atoms. The van der Waals surface area contributed by atoms with Crippen LogP contribution in [0.15, 0.2) is 133 Å². The fraction of sp³-hybridized carbons (Fsp3) is 0.143. The Morgan fingerprint density at radius 3 is 0.940 bits per heavy atom. The summed E-state index contributed by atoms with van der Waals surface area (Å²) in [4.78, 5) is 0. The monoisotopic (exact) mass is 668 g/mol. The summed E-state index contributed by atoms with van der Waals surface area (Å²) in [5, 5.41) is 57.9. The van der Waals surface area contributed by atoms with E-state index < -0.39 is 0 Å². The van der Waals surface area contributed by atoms with Crippen molar-refractivity contribution < 1.29 is 40.1 Å². The topological polar surface area (TPSA) is 140 Å². The van der Waals surface area contributed by atoms with Crippen LogP contribution in [0.4, 0.5) is 0 Å². The number of ether oxygens (including phenoxy) is 2. The van der Waals surface area contributed by atoms with Crippen LogP contribution in [0.5, 0.6) is 46.0 Å². The number of hydrogen-bond donors (Lipinski definition) is 6. The summed E-state index contributed by atoms with van der Waals surface area (Å²) in [6, 6.07) is 39.0. The van der Waals surface area contributed by atoms with E-state index in [1.54, 1.807) is 72.8 Å². The van der Waals surface area contributed by atoms with Gasteiger partial charge in [0.2, 0.25) is 0 Å². The van der Waals surface area contributed by atoms with Gasteiger partial charge >= 0.3 is 0 Å². The largest absolute Gasteiger partial charge is 0.508 e. The van der Waals surface area contributed by atoms with E-state index in [2.05, 4.69) is 0 Å². The van der Waals surface area contributed by atoms with E-state index in [1.807, 2.05) is 60.7 Å². The quantitative estimate of drug-likeness (QED) is 0.110. The molecule has 0 radical (unpaired) electrons. The molecule has 252 valence electrons. The summed E-state index contributed by atoms with van der Waals surface area (Å²) in [5.74, 6) is 2.76. The SMILES string of the molecule is Oc1ccc(C2COc3cc(O)ccc3C2c2ccc(O)cc2)cc1.Oc1ccc([C@@H]2c3ccc(O)cc3OC[C@@H]2c2ccc(O)cc2)cc1. The highest BCUT2D eigenvalue weighted by atomic mass is 16.5. The first-order valence-electron chi connectivity index (χ1n) is 16.3. The van der Waals surface area contributed by atoms with E-state index in [1.165, 1.54) is 0 Å². The van der Waals surface area contributed by atoms with Crippen LogP contribution in [0.3, 0.4) is 0 Å². The molecule has 0 aromatic heterocycles. The Hall–Kier alpha value is -6.28. The second kappa shape index (κ2) is 13.7. The van der Waals surface area contributed by atoms with Crippen molar-refractivity contribution >= 4 is 0 Å². The molecule has 0 saturated heterocycles. The molecule has 8 nitrogen and oxygen atoms in total. The van der Waals surface area contributed by atoms with Crippen molar-refractivity contribution in [1.29, 1.82) is 0 Å². The molecule has 2 heterocycles. The number of rotatable bonds is 4. The lowest BCUT2D eigenvalue weighted by Crippen LogP contribution is -2.25. The molecule has 0 amide bonds. The normalized spacial score (nSPS) is 19.0. The van der Waals surface area contributed by atoms with Gasteiger partial charge in [-0.2, -0.15) is 0 Å². The summed E-state index contributed by atoms with van der Waals surface area (Å²) in [7, 11) is 0. The van der Waals surface area contributed by atoms with E-state index >= 15 is 0 Å². The Kier molecular flexibility index (Phi) is 8.83. The van der Waals surface area contributed by atoms with Gasteiger partial charge in [0.1, 0.15) is 46.0 Å². The van der Waals surface area contributed by atoms with Gasteiger partial charge in [-0.15, -0.1) is 0 Å². The van der Waals surface area contributed by atoms with Crippen LogP contribution in [0.2, 0.25) is 0 Å². The Morgan fingerprint density at radius 1 is 0.340 bits per heavy atom. The van der Waals surface area contributed by atoms with Crippen LogP contribution in [-0.2, 0) is 0 Å². The molecular weight excluding hydrogens is 632 g/mol. The fourth-order valence-electron chi connectivity index (χ4n) is 7.00. The first-order chi connectivity index (χ1) is 24.2. The number of benzene rings is 6. The van der Waals surface area contributed by atoms with Gasteiger partial charge in [0.25, 0.3) is 0 Å². The maximum Gasteiger partial charge on any atom is 0.126 e. The fourth-order valence-corrected chi connectivity index (χ4v) is 7.00. The molecule has 8 heteroatoms. The molecule has 0 saturated carbocycles. The number of phenolic OH excluding ortho intramolecular Hbond substituents is 6. The molecule has 6 N–H and O–H groups in total. The van der Waals surface area contributed by atoms with Crippen molar-refractivity contribution in [2.24, 2.45) is 0 Å². The van der Waals surface area contributed by atoms with Crippen molar-refractivity contribution in [3.8, 4) is 46.0 Å². The van der Waals surface area contributed by atoms with Gasteiger partial charge < -0.3 is 40.1 Å². The van der Waals surface area contributed by atoms with E-state index in [0.29, 0.717) is 24.7 Å². The second-order valence-electron chi connectivity index (χ2n) is 12.6. The maximum absolute atomic E-state index is 9.75. The Balaban J connectivity index is 0.000000157. The van der Waals surface area contributed by atoms with Gasteiger partial charge in [0.15, 0.2) is 0 Å². The lowest BCUT2D eigenvalue weighted by atomic mass is 9.76. The highest BCUT2D eigenvalue weighted by Crippen LogP contribution is 2.48. The third-order valence-corrected chi connectivity index (χ3v) is 9.45. The van der Waals surface area contributed by atoms with Crippen molar-refractivity contribution in [1.82, 2.24) is 0 Å². The van der Waals surface area contributed by atoms with Gasteiger partial charge in [-0.1, -0.05) is 60.7 Å².